The summed E-state index contributed by atoms with van der Waals surface area (Å²) in [7, 11) is 0. The van der Waals surface area contributed by atoms with Gasteiger partial charge in [-0.05, 0) is 51.5 Å². The Hall–Kier alpha value is -2.47. The first-order valence-electron chi connectivity index (χ1n) is 9.61. The van der Waals surface area contributed by atoms with Crippen molar-refractivity contribution in [3.8, 4) is 17.2 Å². The van der Waals surface area contributed by atoms with E-state index in [1.807, 2.05) is 11.5 Å². The lowest BCUT2D eigenvalue weighted by Crippen LogP contribution is -2.05. The zero-order valence-electron chi connectivity index (χ0n) is 16.7. The number of aryl methyl sites for hydroxylation is 2. The first-order chi connectivity index (χ1) is 13.5. The molecule has 1 atom stereocenters. The van der Waals surface area contributed by atoms with E-state index in [-0.39, 0.29) is 6.10 Å². The van der Waals surface area contributed by atoms with Gasteiger partial charge in [-0.1, -0.05) is 29.5 Å². The highest BCUT2D eigenvalue weighted by Gasteiger charge is 2.22. The van der Waals surface area contributed by atoms with Gasteiger partial charge in [-0.2, -0.15) is 0 Å². The van der Waals surface area contributed by atoms with E-state index in [9.17, 15) is 0 Å². The topological polar surface area (TPSA) is 49.2 Å². The lowest BCUT2D eigenvalue weighted by atomic mass is 10.1. The molecule has 0 saturated heterocycles. The predicted octanol–water partition coefficient (Wildman–Crippen LogP) is 4.90. The molecule has 0 saturated carbocycles. The van der Waals surface area contributed by atoms with E-state index >= 15 is 0 Å². The van der Waals surface area contributed by atoms with Crippen LogP contribution in [-0.2, 0) is 12.2 Å². The van der Waals surface area contributed by atoms with E-state index in [0.717, 1.165) is 40.1 Å². The van der Waals surface area contributed by atoms with E-state index in [2.05, 4.69) is 61.3 Å². The van der Waals surface area contributed by atoms with E-state index < -0.39 is 0 Å². The van der Waals surface area contributed by atoms with Gasteiger partial charge in [0, 0.05) is 23.3 Å². The molecule has 1 aliphatic rings. The maximum atomic E-state index is 5.94. The highest BCUT2D eigenvalue weighted by atomic mass is 32.2. The molecule has 2 heterocycles. The van der Waals surface area contributed by atoms with Crippen LogP contribution in [0.4, 0.5) is 0 Å². The Morgan fingerprint density at radius 1 is 1.25 bits per heavy atom. The highest BCUT2D eigenvalue weighted by Crippen LogP contribution is 2.37. The Bertz CT molecular complexity index is 999. The smallest absolute Gasteiger partial charge is 0.195 e. The summed E-state index contributed by atoms with van der Waals surface area (Å²) in [5.41, 5.74) is 5.90. The summed E-state index contributed by atoms with van der Waals surface area (Å²) >= 11 is 1.65. The average Bonchev–Trinajstić information content (AvgIpc) is 3.25. The molecule has 2 aromatic carbocycles. The van der Waals surface area contributed by atoms with Crippen molar-refractivity contribution in [3.63, 3.8) is 0 Å². The lowest BCUT2D eigenvalue weighted by molar-refractivity contribution is 0.254. The minimum atomic E-state index is 0.222. The molecular weight excluding hydrogens is 370 g/mol. The third kappa shape index (κ3) is 3.74. The van der Waals surface area contributed by atoms with E-state index in [4.69, 9.17) is 9.47 Å². The largest absolute Gasteiger partial charge is 0.494 e. The molecule has 1 unspecified atom stereocenters. The Labute approximate surface area is 170 Å². The number of hydrogen-bond donors (Lipinski definition) is 0. The zero-order chi connectivity index (χ0) is 19.7. The quantitative estimate of drug-likeness (QED) is 0.556. The molecule has 1 aromatic heterocycles. The van der Waals surface area contributed by atoms with Crippen LogP contribution in [0.1, 0.15) is 36.1 Å². The first-order valence-corrected chi connectivity index (χ1v) is 10.6. The highest BCUT2D eigenvalue weighted by molar-refractivity contribution is 7.98. The predicted molar refractivity (Wildman–Crippen MR) is 112 cm³/mol. The molecular formula is C22H25N3O2S. The summed E-state index contributed by atoms with van der Waals surface area (Å²) in [6.07, 6.45) is 2.93. The molecule has 0 N–H and O–H groups in total. The van der Waals surface area contributed by atoms with E-state index in [1.165, 1.54) is 16.7 Å². The molecule has 0 aliphatic carbocycles. The number of hydrogen-bond acceptors (Lipinski definition) is 5. The van der Waals surface area contributed by atoms with E-state index in [1.54, 1.807) is 18.1 Å². The van der Waals surface area contributed by atoms with Crippen LogP contribution in [0.3, 0.4) is 0 Å². The summed E-state index contributed by atoms with van der Waals surface area (Å²) in [5, 5.41) is 9.34. The fourth-order valence-corrected chi connectivity index (χ4v) is 4.49. The molecule has 0 amide bonds. The molecule has 1 aliphatic heterocycles. The van der Waals surface area contributed by atoms with Gasteiger partial charge in [0.05, 0.1) is 12.3 Å². The maximum absolute atomic E-state index is 5.94. The number of fused-ring (bicyclic) bond motifs is 1. The normalized spacial score (nSPS) is 15.4. The van der Waals surface area contributed by atoms with Crippen molar-refractivity contribution in [2.45, 2.75) is 51.1 Å². The molecule has 0 fully saturated rings. The minimum Gasteiger partial charge on any atom is -0.494 e. The van der Waals surface area contributed by atoms with Crippen LogP contribution < -0.4 is 9.47 Å². The average molecular weight is 396 g/mol. The standard InChI is InChI=1S/C22H25N3O2S/c1-5-26-20-10-17-9-16(4)27-21(17)11-18(20)12-28-22-24-23-13-25(22)19-7-6-14(2)8-15(19)3/h6-8,10-11,13,16H,5,9,12H2,1-4H3. The van der Waals surface area contributed by atoms with Crippen molar-refractivity contribution in [1.29, 1.82) is 0 Å². The summed E-state index contributed by atoms with van der Waals surface area (Å²) in [4.78, 5) is 0. The van der Waals surface area contributed by atoms with Gasteiger partial charge in [-0.3, -0.25) is 4.57 Å². The van der Waals surface area contributed by atoms with Gasteiger partial charge in [0.25, 0.3) is 0 Å². The molecule has 0 spiro atoms. The van der Waals surface area contributed by atoms with E-state index in [0.29, 0.717) is 6.61 Å². The Kier molecular flexibility index (Phi) is 5.31. The number of benzene rings is 2. The van der Waals surface area contributed by atoms with Crippen LogP contribution >= 0.6 is 11.8 Å². The second-order valence-electron chi connectivity index (χ2n) is 7.20. The summed E-state index contributed by atoms with van der Waals surface area (Å²) in [6, 6.07) is 10.7. The van der Waals surface area contributed by atoms with Crippen LogP contribution in [0.5, 0.6) is 11.5 Å². The summed E-state index contributed by atoms with van der Waals surface area (Å²) in [6.45, 7) is 8.97. The monoisotopic (exact) mass is 395 g/mol. The molecule has 0 radical (unpaired) electrons. The van der Waals surface area contributed by atoms with Crippen LogP contribution in [0, 0.1) is 13.8 Å². The Morgan fingerprint density at radius 2 is 2.11 bits per heavy atom. The SMILES string of the molecule is CCOc1cc2c(cc1CSc1nncn1-c1ccc(C)cc1C)OC(C)C2. The fourth-order valence-electron chi connectivity index (χ4n) is 3.59. The Balaban J connectivity index is 1.59. The van der Waals surface area contributed by atoms with Crippen molar-refractivity contribution < 1.29 is 9.47 Å². The number of thioether (sulfide) groups is 1. The molecule has 3 aromatic rings. The zero-order valence-corrected chi connectivity index (χ0v) is 17.5. The number of nitrogens with zero attached hydrogens (tertiary/aromatic N) is 3. The van der Waals surface area contributed by atoms with Crippen LogP contribution in [0.2, 0.25) is 0 Å². The summed E-state index contributed by atoms with van der Waals surface area (Å²) < 4.78 is 13.9. The molecule has 4 rings (SSSR count). The van der Waals surface area contributed by atoms with Crippen LogP contribution in [-0.4, -0.2) is 27.5 Å². The van der Waals surface area contributed by atoms with Gasteiger partial charge in [-0.25, -0.2) is 0 Å². The molecule has 0 bridgehead atoms. The van der Waals surface area contributed by atoms with Gasteiger partial charge in [0.2, 0.25) is 0 Å². The van der Waals surface area contributed by atoms with Crippen LogP contribution in [0.15, 0.2) is 41.8 Å². The number of rotatable bonds is 6. The lowest BCUT2D eigenvalue weighted by Gasteiger charge is -2.13. The second-order valence-corrected chi connectivity index (χ2v) is 8.14. The maximum Gasteiger partial charge on any atom is 0.195 e. The number of ether oxygens (including phenoxy) is 2. The number of aromatic nitrogens is 3. The molecule has 5 nitrogen and oxygen atoms in total. The van der Waals surface area contributed by atoms with Gasteiger partial charge < -0.3 is 9.47 Å². The Morgan fingerprint density at radius 3 is 2.89 bits per heavy atom. The second kappa shape index (κ2) is 7.87. The van der Waals surface area contributed by atoms with Gasteiger partial charge in [0.15, 0.2) is 5.16 Å². The fraction of sp³-hybridized carbons (Fsp3) is 0.364. The van der Waals surface area contributed by atoms with Gasteiger partial charge in [-0.15, -0.1) is 10.2 Å². The van der Waals surface area contributed by atoms with Crippen molar-refractivity contribution in [1.82, 2.24) is 14.8 Å². The van der Waals surface area contributed by atoms with Crippen molar-refractivity contribution in [2.75, 3.05) is 6.61 Å². The third-order valence-electron chi connectivity index (χ3n) is 4.86. The summed E-state index contributed by atoms with van der Waals surface area (Å²) in [5.74, 6) is 2.65. The van der Waals surface area contributed by atoms with Gasteiger partial charge >= 0.3 is 0 Å². The first kappa shape index (κ1) is 18.9. The third-order valence-corrected chi connectivity index (χ3v) is 5.86. The van der Waals surface area contributed by atoms with Crippen LogP contribution in [0.25, 0.3) is 5.69 Å². The van der Waals surface area contributed by atoms with Crippen molar-refractivity contribution in [3.05, 3.63) is 58.9 Å². The molecule has 6 heteroatoms. The molecule has 146 valence electrons. The van der Waals surface area contributed by atoms with Gasteiger partial charge in [0.1, 0.15) is 23.9 Å². The molecule has 28 heavy (non-hydrogen) atoms. The minimum absolute atomic E-state index is 0.222. The van der Waals surface area contributed by atoms with Crippen molar-refractivity contribution >= 4 is 11.8 Å². The van der Waals surface area contributed by atoms with Crippen molar-refractivity contribution in [2.24, 2.45) is 0 Å².